The van der Waals surface area contributed by atoms with Crippen LogP contribution in [0.2, 0.25) is 0 Å². The molecule has 0 bridgehead atoms. The minimum absolute atomic E-state index is 0.114. The lowest BCUT2D eigenvalue weighted by molar-refractivity contribution is -0.140. The second-order valence-corrected chi connectivity index (χ2v) is 4.50. The van der Waals surface area contributed by atoms with Crippen LogP contribution in [0.4, 0.5) is 5.69 Å². The van der Waals surface area contributed by atoms with Gasteiger partial charge in [-0.05, 0) is 31.5 Å². The Morgan fingerprint density at radius 3 is 2.48 bits per heavy atom. The normalized spacial score (nSPS) is 10.5. The lowest BCUT2D eigenvalue weighted by Gasteiger charge is -2.21. The number of carbonyl (C=O) groups excluding carboxylic acids is 2. The molecule has 0 aliphatic rings. The highest BCUT2D eigenvalue weighted by molar-refractivity contribution is 6.40. The first-order valence-corrected chi connectivity index (χ1v) is 6.75. The van der Waals surface area contributed by atoms with E-state index in [1.807, 2.05) is 32.0 Å². The standard InChI is InChI=1S/C15H22N2O4/c1-5-17(12-8-6-7-11(2)9-12)15(19)14(18)16-10-13(20-3)21-4/h6-9,13H,5,10H2,1-4H3,(H,16,18). The van der Waals surface area contributed by atoms with Crippen LogP contribution < -0.4 is 10.2 Å². The number of carbonyl (C=O) groups is 2. The molecule has 1 rings (SSSR count). The minimum Gasteiger partial charge on any atom is -0.354 e. The molecule has 21 heavy (non-hydrogen) atoms. The molecule has 0 unspecified atom stereocenters. The van der Waals surface area contributed by atoms with Crippen LogP contribution in [0.15, 0.2) is 24.3 Å². The van der Waals surface area contributed by atoms with E-state index in [2.05, 4.69) is 5.32 Å². The molecule has 1 aromatic rings. The molecular formula is C15H22N2O4. The third-order valence-electron chi connectivity index (χ3n) is 3.02. The molecule has 0 fully saturated rings. The van der Waals surface area contributed by atoms with Gasteiger partial charge in [-0.3, -0.25) is 9.59 Å². The number of hydrogen-bond donors (Lipinski definition) is 1. The van der Waals surface area contributed by atoms with E-state index in [1.165, 1.54) is 19.1 Å². The summed E-state index contributed by atoms with van der Waals surface area (Å²) in [5, 5.41) is 2.50. The van der Waals surface area contributed by atoms with Gasteiger partial charge in [-0.15, -0.1) is 0 Å². The molecule has 0 saturated carbocycles. The van der Waals surface area contributed by atoms with Crippen molar-refractivity contribution in [2.75, 3.05) is 32.2 Å². The summed E-state index contributed by atoms with van der Waals surface area (Å²) in [6.07, 6.45) is -0.573. The zero-order valence-electron chi connectivity index (χ0n) is 12.9. The van der Waals surface area contributed by atoms with Crippen molar-refractivity contribution in [3.63, 3.8) is 0 Å². The molecule has 6 nitrogen and oxygen atoms in total. The molecule has 0 aliphatic heterocycles. The Hall–Kier alpha value is -1.92. The molecule has 1 N–H and O–H groups in total. The fourth-order valence-corrected chi connectivity index (χ4v) is 1.88. The molecule has 2 amide bonds. The Bertz CT molecular complexity index is 486. The number of amides is 2. The van der Waals surface area contributed by atoms with Crippen LogP contribution in [0.3, 0.4) is 0 Å². The van der Waals surface area contributed by atoms with Crippen molar-refractivity contribution in [3.8, 4) is 0 Å². The highest BCUT2D eigenvalue weighted by Crippen LogP contribution is 2.15. The van der Waals surface area contributed by atoms with Crippen molar-refractivity contribution < 1.29 is 19.1 Å². The van der Waals surface area contributed by atoms with Crippen LogP contribution in [-0.2, 0) is 19.1 Å². The summed E-state index contributed by atoms with van der Waals surface area (Å²) < 4.78 is 9.91. The molecule has 116 valence electrons. The highest BCUT2D eigenvalue weighted by atomic mass is 16.7. The number of nitrogens with zero attached hydrogens (tertiary/aromatic N) is 1. The highest BCUT2D eigenvalue weighted by Gasteiger charge is 2.22. The predicted molar refractivity (Wildman–Crippen MR) is 80.0 cm³/mol. The monoisotopic (exact) mass is 294 g/mol. The first-order valence-electron chi connectivity index (χ1n) is 6.75. The van der Waals surface area contributed by atoms with Crippen LogP contribution in [0.25, 0.3) is 0 Å². The summed E-state index contributed by atoms with van der Waals surface area (Å²) in [4.78, 5) is 25.6. The first kappa shape index (κ1) is 17.1. The summed E-state index contributed by atoms with van der Waals surface area (Å²) in [5.74, 6) is -1.29. The van der Waals surface area contributed by atoms with E-state index in [0.717, 1.165) is 5.56 Å². The number of anilines is 1. The average Bonchev–Trinajstić information content (AvgIpc) is 2.48. The van der Waals surface area contributed by atoms with Crippen LogP contribution in [0.1, 0.15) is 12.5 Å². The molecule has 0 radical (unpaired) electrons. The number of benzene rings is 1. The minimum atomic E-state index is -0.683. The zero-order chi connectivity index (χ0) is 15.8. The molecular weight excluding hydrogens is 272 g/mol. The number of ether oxygens (including phenoxy) is 2. The Kier molecular flexibility index (Phi) is 6.84. The van der Waals surface area contributed by atoms with Gasteiger partial charge in [-0.1, -0.05) is 12.1 Å². The van der Waals surface area contributed by atoms with Gasteiger partial charge in [0, 0.05) is 26.5 Å². The summed E-state index contributed by atoms with van der Waals surface area (Å²) >= 11 is 0. The van der Waals surface area contributed by atoms with Gasteiger partial charge in [0.2, 0.25) is 0 Å². The maximum atomic E-state index is 12.2. The average molecular weight is 294 g/mol. The lowest BCUT2D eigenvalue weighted by Crippen LogP contribution is -2.45. The number of methoxy groups -OCH3 is 2. The third-order valence-corrected chi connectivity index (χ3v) is 3.02. The number of hydrogen-bond acceptors (Lipinski definition) is 4. The van der Waals surface area contributed by atoms with Gasteiger partial charge in [0.15, 0.2) is 6.29 Å². The van der Waals surface area contributed by atoms with Crippen LogP contribution in [0.5, 0.6) is 0 Å². The molecule has 0 aromatic heterocycles. The van der Waals surface area contributed by atoms with Gasteiger partial charge in [0.1, 0.15) is 0 Å². The molecule has 0 atom stereocenters. The summed E-state index contributed by atoms with van der Waals surface area (Å²) in [5.41, 5.74) is 1.73. The van der Waals surface area contributed by atoms with Gasteiger partial charge in [-0.25, -0.2) is 0 Å². The van der Waals surface area contributed by atoms with E-state index in [-0.39, 0.29) is 6.54 Å². The molecule has 0 aliphatic carbocycles. The Morgan fingerprint density at radius 2 is 1.95 bits per heavy atom. The van der Waals surface area contributed by atoms with Crippen LogP contribution in [0, 0.1) is 6.92 Å². The zero-order valence-corrected chi connectivity index (χ0v) is 12.9. The Morgan fingerprint density at radius 1 is 1.29 bits per heavy atom. The van der Waals surface area contributed by atoms with Gasteiger partial charge in [0.05, 0.1) is 6.54 Å². The van der Waals surface area contributed by atoms with Crippen molar-refractivity contribution in [1.82, 2.24) is 5.32 Å². The fourth-order valence-electron chi connectivity index (χ4n) is 1.88. The van der Waals surface area contributed by atoms with E-state index in [1.54, 1.807) is 6.07 Å². The molecule has 0 spiro atoms. The second kappa shape index (κ2) is 8.39. The Labute approximate surface area is 125 Å². The molecule has 1 aromatic carbocycles. The molecule has 6 heteroatoms. The van der Waals surface area contributed by atoms with E-state index in [0.29, 0.717) is 12.2 Å². The molecule has 0 saturated heterocycles. The summed E-state index contributed by atoms with van der Waals surface area (Å²) in [7, 11) is 2.93. The molecule has 0 heterocycles. The largest absolute Gasteiger partial charge is 0.354 e. The number of nitrogens with one attached hydrogen (secondary N) is 1. The quantitative estimate of drug-likeness (QED) is 0.630. The maximum absolute atomic E-state index is 12.2. The van der Waals surface area contributed by atoms with E-state index < -0.39 is 18.1 Å². The smallest absolute Gasteiger partial charge is 0.316 e. The topological polar surface area (TPSA) is 67.9 Å². The van der Waals surface area contributed by atoms with Crippen molar-refractivity contribution >= 4 is 17.5 Å². The third kappa shape index (κ3) is 4.84. The fraction of sp³-hybridized carbons (Fsp3) is 0.467. The van der Waals surface area contributed by atoms with E-state index in [9.17, 15) is 9.59 Å². The van der Waals surface area contributed by atoms with Gasteiger partial charge >= 0.3 is 11.8 Å². The van der Waals surface area contributed by atoms with Crippen molar-refractivity contribution in [1.29, 1.82) is 0 Å². The van der Waals surface area contributed by atoms with Crippen molar-refractivity contribution in [2.24, 2.45) is 0 Å². The maximum Gasteiger partial charge on any atom is 0.316 e. The predicted octanol–water partition coefficient (Wildman–Crippen LogP) is 1.08. The SMILES string of the molecule is CCN(C(=O)C(=O)NCC(OC)OC)c1cccc(C)c1. The summed E-state index contributed by atoms with van der Waals surface area (Å²) in [6.45, 7) is 4.28. The van der Waals surface area contributed by atoms with E-state index in [4.69, 9.17) is 9.47 Å². The number of aryl methyl sites for hydroxylation is 1. The number of likely N-dealkylation sites (N-methyl/N-ethyl adjacent to an activating group) is 1. The second-order valence-electron chi connectivity index (χ2n) is 4.50. The van der Waals surface area contributed by atoms with Gasteiger partial charge in [0.25, 0.3) is 0 Å². The Balaban J connectivity index is 2.72. The first-order chi connectivity index (χ1) is 10.0. The van der Waals surface area contributed by atoms with Gasteiger partial charge < -0.3 is 19.7 Å². The summed E-state index contributed by atoms with van der Waals surface area (Å²) in [6, 6.07) is 7.45. The number of rotatable bonds is 6. The van der Waals surface area contributed by atoms with Gasteiger partial charge in [-0.2, -0.15) is 0 Å². The van der Waals surface area contributed by atoms with Crippen molar-refractivity contribution in [2.45, 2.75) is 20.1 Å². The van der Waals surface area contributed by atoms with Crippen molar-refractivity contribution in [3.05, 3.63) is 29.8 Å². The van der Waals surface area contributed by atoms with E-state index >= 15 is 0 Å². The van der Waals surface area contributed by atoms with Crippen LogP contribution >= 0.6 is 0 Å². The van der Waals surface area contributed by atoms with Crippen LogP contribution in [-0.4, -0.2) is 45.4 Å². The lowest BCUT2D eigenvalue weighted by atomic mass is 10.2.